The van der Waals surface area contributed by atoms with Crippen molar-refractivity contribution in [2.24, 2.45) is 4.99 Å². The minimum Gasteiger partial charge on any atom is -0.467 e. The summed E-state index contributed by atoms with van der Waals surface area (Å²) in [6, 6.07) is 9.88. The molecule has 1 aromatic heterocycles. The second-order valence-electron chi connectivity index (χ2n) is 4.28. The van der Waals surface area contributed by atoms with Gasteiger partial charge in [0, 0.05) is 19.2 Å². The van der Waals surface area contributed by atoms with Gasteiger partial charge in [-0.2, -0.15) is 5.26 Å². The molecule has 0 fully saturated rings. The SMILES string of the molecule is CN=C(NCc1ccco1)NCc1cc(C#N)ccc1F.I. The quantitative estimate of drug-likeness (QED) is 0.459. The van der Waals surface area contributed by atoms with Gasteiger partial charge < -0.3 is 15.1 Å². The van der Waals surface area contributed by atoms with E-state index < -0.39 is 0 Å². The van der Waals surface area contributed by atoms with Crippen LogP contribution in [-0.2, 0) is 13.1 Å². The monoisotopic (exact) mass is 414 g/mol. The normalized spacial score (nSPS) is 10.5. The van der Waals surface area contributed by atoms with Crippen LogP contribution in [0.4, 0.5) is 4.39 Å². The molecule has 1 aromatic carbocycles. The van der Waals surface area contributed by atoms with E-state index in [0.717, 1.165) is 5.76 Å². The molecule has 0 saturated heterocycles. The molecule has 116 valence electrons. The summed E-state index contributed by atoms with van der Waals surface area (Å²) < 4.78 is 18.8. The van der Waals surface area contributed by atoms with Crippen LogP contribution in [0.15, 0.2) is 46.0 Å². The molecule has 0 bridgehead atoms. The summed E-state index contributed by atoms with van der Waals surface area (Å²) in [5, 5.41) is 14.9. The number of rotatable bonds is 4. The van der Waals surface area contributed by atoms with Crippen LogP contribution in [0.5, 0.6) is 0 Å². The highest BCUT2D eigenvalue weighted by Crippen LogP contribution is 2.09. The third kappa shape index (κ3) is 5.04. The first-order chi connectivity index (χ1) is 10.2. The molecule has 0 atom stereocenters. The summed E-state index contributed by atoms with van der Waals surface area (Å²) in [5.41, 5.74) is 0.835. The molecule has 1 heterocycles. The van der Waals surface area contributed by atoms with Gasteiger partial charge in [-0.1, -0.05) is 0 Å². The van der Waals surface area contributed by atoms with Crippen LogP contribution in [0.25, 0.3) is 0 Å². The van der Waals surface area contributed by atoms with Gasteiger partial charge in [-0.05, 0) is 30.3 Å². The topological polar surface area (TPSA) is 73.3 Å². The maximum absolute atomic E-state index is 13.6. The molecular weight excluding hydrogens is 398 g/mol. The number of nitriles is 1. The van der Waals surface area contributed by atoms with Gasteiger partial charge in [0.25, 0.3) is 0 Å². The van der Waals surface area contributed by atoms with E-state index in [-0.39, 0.29) is 36.3 Å². The standard InChI is InChI=1S/C15H15FN4O.HI/c1-18-15(20-10-13-3-2-6-21-13)19-9-12-7-11(8-17)4-5-14(12)16;/h2-7H,9-10H2,1H3,(H2,18,19,20);1H. The predicted octanol–water partition coefficient (Wildman–Crippen LogP) is 2.77. The van der Waals surface area contributed by atoms with Crippen LogP contribution in [0.3, 0.4) is 0 Å². The molecule has 22 heavy (non-hydrogen) atoms. The summed E-state index contributed by atoms with van der Waals surface area (Å²) in [5.74, 6) is 0.937. The zero-order chi connectivity index (χ0) is 15.1. The Kier molecular flexibility index (Phi) is 7.39. The second kappa shape index (κ2) is 9.04. The fourth-order valence-corrected chi connectivity index (χ4v) is 1.76. The van der Waals surface area contributed by atoms with Gasteiger partial charge in [0.15, 0.2) is 5.96 Å². The van der Waals surface area contributed by atoms with Gasteiger partial charge in [-0.25, -0.2) is 4.39 Å². The summed E-state index contributed by atoms with van der Waals surface area (Å²) >= 11 is 0. The average molecular weight is 414 g/mol. The van der Waals surface area contributed by atoms with Crippen molar-refractivity contribution < 1.29 is 8.81 Å². The Bertz CT molecular complexity index is 665. The van der Waals surface area contributed by atoms with E-state index in [2.05, 4.69) is 15.6 Å². The molecule has 0 saturated carbocycles. The van der Waals surface area contributed by atoms with Gasteiger partial charge in [0.1, 0.15) is 11.6 Å². The van der Waals surface area contributed by atoms with E-state index in [9.17, 15) is 4.39 Å². The second-order valence-corrected chi connectivity index (χ2v) is 4.28. The summed E-state index contributed by atoms with van der Waals surface area (Å²) in [4.78, 5) is 4.04. The minimum absolute atomic E-state index is 0. The number of nitrogens with one attached hydrogen (secondary N) is 2. The summed E-state index contributed by atoms with van der Waals surface area (Å²) in [6.07, 6.45) is 1.59. The van der Waals surface area contributed by atoms with Gasteiger partial charge >= 0.3 is 0 Å². The van der Waals surface area contributed by atoms with Crippen LogP contribution in [0.1, 0.15) is 16.9 Å². The lowest BCUT2D eigenvalue weighted by atomic mass is 10.1. The van der Waals surface area contributed by atoms with Gasteiger partial charge in [-0.3, -0.25) is 4.99 Å². The molecule has 2 rings (SSSR count). The van der Waals surface area contributed by atoms with E-state index in [0.29, 0.717) is 23.6 Å². The Hall–Kier alpha value is -2.08. The number of furan rings is 1. The fourth-order valence-electron chi connectivity index (χ4n) is 1.76. The van der Waals surface area contributed by atoms with Crippen molar-refractivity contribution in [3.8, 4) is 6.07 Å². The van der Waals surface area contributed by atoms with E-state index in [1.807, 2.05) is 12.1 Å². The van der Waals surface area contributed by atoms with Crippen LogP contribution < -0.4 is 10.6 Å². The largest absolute Gasteiger partial charge is 0.467 e. The average Bonchev–Trinajstić information content (AvgIpc) is 3.02. The molecule has 0 aliphatic carbocycles. The Morgan fingerprint density at radius 3 is 2.73 bits per heavy atom. The van der Waals surface area contributed by atoms with E-state index >= 15 is 0 Å². The van der Waals surface area contributed by atoms with Crippen molar-refractivity contribution in [3.05, 3.63) is 59.3 Å². The van der Waals surface area contributed by atoms with Gasteiger partial charge in [0.2, 0.25) is 0 Å². The zero-order valence-electron chi connectivity index (χ0n) is 12.0. The minimum atomic E-state index is -0.358. The van der Waals surface area contributed by atoms with Crippen LogP contribution in [0, 0.1) is 17.1 Å². The lowest BCUT2D eigenvalue weighted by Crippen LogP contribution is -2.36. The molecule has 0 amide bonds. The lowest BCUT2D eigenvalue weighted by Gasteiger charge is -2.11. The highest BCUT2D eigenvalue weighted by molar-refractivity contribution is 14.0. The van der Waals surface area contributed by atoms with Crippen molar-refractivity contribution in [1.29, 1.82) is 5.26 Å². The van der Waals surface area contributed by atoms with Crippen LogP contribution >= 0.6 is 24.0 Å². The van der Waals surface area contributed by atoms with E-state index in [1.165, 1.54) is 18.2 Å². The highest BCUT2D eigenvalue weighted by Gasteiger charge is 2.05. The number of guanidine groups is 1. The van der Waals surface area contributed by atoms with Crippen molar-refractivity contribution in [2.75, 3.05) is 7.05 Å². The molecule has 0 aliphatic rings. The van der Waals surface area contributed by atoms with Gasteiger partial charge in [0.05, 0.1) is 24.4 Å². The predicted molar refractivity (Wildman–Crippen MR) is 92.3 cm³/mol. The van der Waals surface area contributed by atoms with Crippen LogP contribution in [-0.4, -0.2) is 13.0 Å². The lowest BCUT2D eigenvalue weighted by molar-refractivity contribution is 0.501. The molecule has 7 heteroatoms. The van der Waals surface area contributed by atoms with Crippen molar-refractivity contribution in [2.45, 2.75) is 13.1 Å². The molecular formula is C15H16FIN4O. The number of hydrogen-bond donors (Lipinski definition) is 2. The Morgan fingerprint density at radius 1 is 1.32 bits per heavy atom. The zero-order valence-corrected chi connectivity index (χ0v) is 14.3. The van der Waals surface area contributed by atoms with E-state index in [4.69, 9.17) is 9.68 Å². The maximum atomic E-state index is 13.6. The number of aliphatic imine (C=N–C) groups is 1. The van der Waals surface area contributed by atoms with Crippen molar-refractivity contribution in [1.82, 2.24) is 10.6 Å². The number of hydrogen-bond acceptors (Lipinski definition) is 3. The van der Waals surface area contributed by atoms with Gasteiger partial charge in [-0.15, -0.1) is 24.0 Å². The Morgan fingerprint density at radius 2 is 2.09 bits per heavy atom. The molecule has 0 radical (unpaired) electrons. The summed E-state index contributed by atoms with van der Waals surface area (Å²) in [7, 11) is 1.62. The Labute approximate surface area is 145 Å². The van der Waals surface area contributed by atoms with Crippen molar-refractivity contribution in [3.63, 3.8) is 0 Å². The number of nitrogens with zero attached hydrogens (tertiary/aromatic N) is 2. The molecule has 0 aliphatic heterocycles. The number of benzene rings is 1. The fraction of sp³-hybridized carbons (Fsp3) is 0.200. The molecule has 0 spiro atoms. The van der Waals surface area contributed by atoms with Crippen LogP contribution in [0.2, 0.25) is 0 Å². The first-order valence-electron chi connectivity index (χ1n) is 6.38. The maximum Gasteiger partial charge on any atom is 0.191 e. The van der Waals surface area contributed by atoms with Crippen molar-refractivity contribution >= 4 is 29.9 Å². The highest BCUT2D eigenvalue weighted by atomic mass is 127. The Balaban J connectivity index is 0.00000242. The third-order valence-electron chi connectivity index (χ3n) is 2.85. The smallest absolute Gasteiger partial charge is 0.191 e. The first-order valence-corrected chi connectivity index (χ1v) is 6.38. The summed E-state index contributed by atoms with van der Waals surface area (Å²) in [6.45, 7) is 0.715. The molecule has 2 N–H and O–H groups in total. The number of halogens is 2. The molecule has 5 nitrogen and oxygen atoms in total. The third-order valence-corrected chi connectivity index (χ3v) is 2.85. The molecule has 0 unspecified atom stereocenters. The van der Waals surface area contributed by atoms with E-state index in [1.54, 1.807) is 19.4 Å². The first kappa shape index (κ1) is 18.0. The molecule has 2 aromatic rings.